The van der Waals surface area contributed by atoms with E-state index in [4.69, 9.17) is 0 Å². The molecule has 0 amide bonds. The predicted octanol–water partition coefficient (Wildman–Crippen LogP) is 4.64. The van der Waals surface area contributed by atoms with E-state index in [0.717, 1.165) is 11.8 Å². The molecule has 0 aliphatic heterocycles. The van der Waals surface area contributed by atoms with Crippen LogP contribution in [-0.4, -0.2) is 0 Å². The maximum atomic E-state index is 2.48. The van der Waals surface area contributed by atoms with E-state index in [0.29, 0.717) is 5.41 Å². The van der Waals surface area contributed by atoms with Crippen LogP contribution in [0.15, 0.2) is 0 Å². The monoisotopic (exact) mass is 182 g/mol. The van der Waals surface area contributed by atoms with Gasteiger partial charge in [0.25, 0.3) is 0 Å². The smallest absolute Gasteiger partial charge is 0.0300 e. The summed E-state index contributed by atoms with van der Waals surface area (Å²) in [5, 5.41) is 0. The van der Waals surface area contributed by atoms with E-state index in [2.05, 4.69) is 27.7 Å². The van der Waals surface area contributed by atoms with Crippen molar-refractivity contribution in [2.45, 2.75) is 66.2 Å². The zero-order valence-corrected chi connectivity index (χ0v) is 9.90. The topological polar surface area (TPSA) is 0 Å². The molecule has 1 rings (SSSR count). The van der Waals surface area contributed by atoms with Gasteiger partial charge in [0.1, 0.15) is 0 Å². The molecule has 78 valence electrons. The van der Waals surface area contributed by atoms with Crippen molar-refractivity contribution in [3.63, 3.8) is 0 Å². The Hall–Kier alpha value is 0. The van der Waals surface area contributed by atoms with E-state index in [9.17, 15) is 0 Å². The zero-order chi connectivity index (χ0) is 9.90. The third-order valence-corrected chi connectivity index (χ3v) is 4.50. The van der Waals surface area contributed by atoms with Crippen LogP contribution in [0.3, 0.4) is 0 Å². The molecule has 2 unspecified atom stereocenters. The van der Waals surface area contributed by atoms with Crippen molar-refractivity contribution in [2.24, 2.45) is 17.3 Å². The average Bonchev–Trinajstić information content (AvgIpc) is 2.08. The summed E-state index contributed by atoms with van der Waals surface area (Å²) in [5.74, 6) is 1.88. The Kier molecular flexibility index (Phi) is 3.82. The highest BCUT2D eigenvalue weighted by atomic mass is 14.4. The Labute approximate surface area is 84.1 Å². The first-order valence-electron chi connectivity index (χ1n) is 6.09. The molecule has 0 nitrogen and oxygen atoms in total. The van der Waals surface area contributed by atoms with Gasteiger partial charge < -0.3 is 0 Å². The lowest BCUT2D eigenvalue weighted by molar-refractivity contribution is 0.0921. The van der Waals surface area contributed by atoms with Gasteiger partial charge in [0.05, 0.1) is 0 Å². The van der Waals surface area contributed by atoms with Crippen LogP contribution in [0.5, 0.6) is 0 Å². The number of hydrogen-bond donors (Lipinski definition) is 0. The number of hydrogen-bond acceptors (Lipinski definition) is 0. The molecule has 0 N–H and O–H groups in total. The molecule has 1 saturated carbocycles. The molecule has 0 radical (unpaired) electrons. The summed E-state index contributed by atoms with van der Waals surface area (Å²) in [5.41, 5.74) is 0.579. The summed E-state index contributed by atoms with van der Waals surface area (Å²) >= 11 is 0. The second-order valence-electron chi connectivity index (χ2n) is 5.47. The Balaban J connectivity index is 2.67. The van der Waals surface area contributed by atoms with Crippen molar-refractivity contribution < 1.29 is 0 Å². The summed E-state index contributed by atoms with van der Waals surface area (Å²) in [7, 11) is 0. The van der Waals surface area contributed by atoms with Crippen LogP contribution < -0.4 is 0 Å². The third kappa shape index (κ3) is 2.48. The molecular weight excluding hydrogens is 156 g/mol. The molecule has 0 bridgehead atoms. The molecule has 0 heterocycles. The molecule has 2 atom stereocenters. The first-order valence-corrected chi connectivity index (χ1v) is 6.09. The van der Waals surface area contributed by atoms with Crippen LogP contribution in [0.25, 0.3) is 0 Å². The summed E-state index contributed by atoms with van der Waals surface area (Å²) in [6.07, 6.45) is 8.68. The summed E-state index contributed by atoms with van der Waals surface area (Å²) in [6.45, 7) is 9.78. The molecule has 0 heteroatoms. The van der Waals surface area contributed by atoms with Gasteiger partial charge in [0, 0.05) is 0 Å². The van der Waals surface area contributed by atoms with Crippen LogP contribution in [0, 0.1) is 17.3 Å². The molecule has 0 aromatic rings. The normalized spacial score (nSPS) is 35.1. The fraction of sp³-hybridized carbons (Fsp3) is 1.00. The maximum Gasteiger partial charge on any atom is -0.0300 e. The Morgan fingerprint density at radius 3 is 2.31 bits per heavy atom. The summed E-state index contributed by atoms with van der Waals surface area (Å²) in [6, 6.07) is 0. The van der Waals surface area contributed by atoms with Crippen molar-refractivity contribution in [3.05, 3.63) is 0 Å². The molecule has 1 fully saturated rings. The first-order chi connectivity index (χ1) is 6.09. The van der Waals surface area contributed by atoms with Crippen molar-refractivity contribution >= 4 is 0 Å². The first kappa shape index (κ1) is 11.1. The molecule has 1 aliphatic rings. The lowest BCUT2D eigenvalue weighted by atomic mass is 9.64. The van der Waals surface area contributed by atoms with Gasteiger partial charge in [-0.05, 0) is 23.7 Å². The SMILES string of the molecule is CCC1CCCCCC(C)C1(C)C. The molecule has 0 aromatic heterocycles. The van der Waals surface area contributed by atoms with Crippen LogP contribution >= 0.6 is 0 Å². The van der Waals surface area contributed by atoms with E-state index >= 15 is 0 Å². The maximum absolute atomic E-state index is 2.48. The number of rotatable bonds is 1. The minimum atomic E-state index is 0.579. The largest absolute Gasteiger partial charge is 0.0651 e. The van der Waals surface area contributed by atoms with Crippen LogP contribution in [-0.2, 0) is 0 Å². The van der Waals surface area contributed by atoms with Crippen LogP contribution in [0.2, 0.25) is 0 Å². The molecule has 1 aliphatic carbocycles. The summed E-state index contributed by atoms with van der Waals surface area (Å²) < 4.78 is 0. The van der Waals surface area contributed by atoms with E-state index in [1.165, 1.54) is 38.5 Å². The van der Waals surface area contributed by atoms with Gasteiger partial charge in [-0.3, -0.25) is 0 Å². The van der Waals surface area contributed by atoms with E-state index in [-0.39, 0.29) is 0 Å². The fourth-order valence-electron chi connectivity index (χ4n) is 2.89. The highest BCUT2D eigenvalue weighted by Crippen LogP contribution is 2.43. The van der Waals surface area contributed by atoms with Crippen molar-refractivity contribution in [1.29, 1.82) is 0 Å². The molecular formula is C13H26. The van der Waals surface area contributed by atoms with Gasteiger partial charge in [0.2, 0.25) is 0 Å². The molecule has 13 heavy (non-hydrogen) atoms. The van der Waals surface area contributed by atoms with Crippen molar-refractivity contribution in [3.8, 4) is 0 Å². The average molecular weight is 182 g/mol. The van der Waals surface area contributed by atoms with Gasteiger partial charge >= 0.3 is 0 Å². The second kappa shape index (κ2) is 4.48. The summed E-state index contributed by atoms with van der Waals surface area (Å²) in [4.78, 5) is 0. The molecule has 0 spiro atoms. The Morgan fingerprint density at radius 1 is 1.08 bits per heavy atom. The van der Waals surface area contributed by atoms with Gasteiger partial charge in [-0.2, -0.15) is 0 Å². The Morgan fingerprint density at radius 2 is 1.69 bits per heavy atom. The second-order valence-corrected chi connectivity index (χ2v) is 5.47. The minimum Gasteiger partial charge on any atom is -0.0651 e. The van der Waals surface area contributed by atoms with Crippen LogP contribution in [0.4, 0.5) is 0 Å². The molecule has 0 saturated heterocycles. The van der Waals surface area contributed by atoms with Gasteiger partial charge in [-0.1, -0.05) is 59.8 Å². The zero-order valence-electron chi connectivity index (χ0n) is 9.90. The highest BCUT2D eigenvalue weighted by molar-refractivity contribution is 4.83. The van der Waals surface area contributed by atoms with Gasteiger partial charge in [-0.25, -0.2) is 0 Å². The van der Waals surface area contributed by atoms with E-state index < -0.39 is 0 Å². The Bertz CT molecular complexity index is 146. The third-order valence-electron chi connectivity index (χ3n) is 4.50. The van der Waals surface area contributed by atoms with E-state index in [1.54, 1.807) is 0 Å². The van der Waals surface area contributed by atoms with Crippen molar-refractivity contribution in [2.75, 3.05) is 0 Å². The quantitative estimate of drug-likeness (QED) is 0.554. The van der Waals surface area contributed by atoms with Gasteiger partial charge in [-0.15, -0.1) is 0 Å². The lowest BCUT2D eigenvalue weighted by Gasteiger charge is -2.41. The standard InChI is InChI=1S/C13H26/c1-5-12-10-8-6-7-9-11(2)13(12,3)4/h11-12H,5-10H2,1-4H3. The lowest BCUT2D eigenvalue weighted by Crippen LogP contribution is -2.32. The van der Waals surface area contributed by atoms with Gasteiger partial charge in [0.15, 0.2) is 0 Å². The minimum absolute atomic E-state index is 0.579. The molecule has 0 aromatic carbocycles. The predicted molar refractivity (Wildman–Crippen MR) is 59.8 cm³/mol. The van der Waals surface area contributed by atoms with Crippen LogP contribution in [0.1, 0.15) is 66.2 Å². The van der Waals surface area contributed by atoms with Crippen molar-refractivity contribution in [1.82, 2.24) is 0 Å². The fourth-order valence-corrected chi connectivity index (χ4v) is 2.89. The van der Waals surface area contributed by atoms with E-state index in [1.807, 2.05) is 0 Å². The highest BCUT2D eigenvalue weighted by Gasteiger charge is 2.33.